The normalized spacial score (nSPS) is 22.9. The number of hydrogen-bond donors (Lipinski definition) is 0. The van der Waals surface area contributed by atoms with Gasteiger partial charge in [0.15, 0.2) is 29.9 Å². The minimum Gasteiger partial charge on any atom is -0.453 e. The van der Waals surface area contributed by atoms with Crippen LogP contribution in [0.15, 0.2) is 48.8 Å². The fourth-order valence-electron chi connectivity index (χ4n) is 5.69. The van der Waals surface area contributed by atoms with Gasteiger partial charge in [0, 0.05) is 24.5 Å². The van der Waals surface area contributed by atoms with Gasteiger partial charge in [-0.05, 0) is 48.8 Å². The molecule has 0 spiro atoms. The van der Waals surface area contributed by atoms with Crippen LogP contribution in [-0.4, -0.2) is 19.5 Å². The minimum atomic E-state index is -4.30. The first-order valence-electron chi connectivity index (χ1n) is 14.5. The van der Waals surface area contributed by atoms with Crippen LogP contribution in [0.25, 0.3) is 6.08 Å². The molecule has 0 atom stereocenters. The van der Waals surface area contributed by atoms with E-state index in [1.165, 1.54) is 44.6 Å². The third-order valence-corrected chi connectivity index (χ3v) is 7.92. The third kappa shape index (κ3) is 9.22. The van der Waals surface area contributed by atoms with Gasteiger partial charge in [-0.15, -0.1) is 0 Å². The molecule has 2 aromatic carbocycles. The van der Waals surface area contributed by atoms with Gasteiger partial charge in [-0.3, -0.25) is 0 Å². The predicted molar refractivity (Wildman–Crippen MR) is 146 cm³/mol. The molecule has 1 saturated carbocycles. The van der Waals surface area contributed by atoms with Crippen molar-refractivity contribution in [3.05, 3.63) is 77.3 Å². The van der Waals surface area contributed by atoms with Gasteiger partial charge in [0.1, 0.15) is 11.6 Å². The van der Waals surface area contributed by atoms with Crippen LogP contribution < -0.4 is 9.47 Å². The van der Waals surface area contributed by atoms with E-state index in [9.17, 15) is 30.7 Å². The lowest BCUT2D eigenvalue weighted by atomic mass is 9.75. The summed E-state index contributed by atoms with van der Waals surface area (Å²) in [5.41, 5.74) is -0.848. The molecule has 43 heavy (non-hydrogen) atoms. The third-order valence-electron chi connectivity index (χ3n) is 7.92. The lowest BCUT2D eigenvalue weighted by Gasteiger charge is -2.37. The van der Waals surface area contributed by atoms with Crippen molar-refractivity contribution in [3.63, 3.8) is 0 Å². The van der Waals surface area contributed by atoms with Crippen LogP contribution in [0.2, 0.25) is 0 Å². The van der Waals surface area contributed by atoms with Crippen molar-refractivity contribution in [2.24, 2.45) is 17.8 Å². The summed E-state index contributed by atoms with van der Waals surface area (Å²) in [5.74, 6) is -4.77. The largest absolute Gasteiger partial charge is 0.453 e. The van der Waals surface area contributed by atoms with E-state index in [0.717, 1.165) is 18.1 Å². The second-order valence-corrected chi connectivity index (χ2v) is 11.0. The molecular weight excluding hydrogens is 581 g/mol. The van der Waals surface area contributed by atoms with E-state index in [2.05, 4.69) is 16.4 Å². The van der Waals surface area contributed by atoms with Crippen LogP contribution in [0.5, 0.6) is 11.5 Å². The SMILES string of the molecule is CCCC1CCC(C2COC(CCC=Cc3ccc(C(F)(F)Oc4cc(F)c(OC=C(F)F)c(F)c4)c(F)c3)OC2)CC1. The minimum absolute atomic E-state index is 0.214. The molecule has 0 radical (unpaired) electrons. The molecule has 236 valence electrons. The zero-order valence-electron chi connectivity index (χ0n) is 23.8. The molecule has 0 unspecified atom stereocenters. The van der Waals surface area contributed by atoms with Crippen LogP contribution in [0.4, 0.5) is 30.7 Å². The molecule has 2 aromatic rings. The number of ether oxygens (including phenoxy) is 4. The summed E-state index contributed by atoms with van der Waals surface area (Å²) in [6, 6.07) is 3.55. The Kier molecular flexibility index (Phi) is 11.5. The first-order chi connectivity index (χ1) is 20.6. The molecule has 11 heteroatoms. The maximum absolute atomic E-state index is 14.7. The number of halogens is 7. The first kappa shape index (κ1) is 32.9. The molecule has 2 fully saturated rings. The van der Waals surface area contributed by atoms with Gasteiger partial charge in [-0.25, -0.2) is 13.2 Å². The molecular formula is C32H35F7O4. The molecule has 0 aromatic heterocycles. The summed E-state index contributed by atoms with van der Waals surface area (Å²) in [6.45, 7) is 3.58. The van der Waals surface area contributed by atoms with Crippen LogP contribution in [0.1, 0.15) is 69.4 Å². The van der Waals surface area contributed by atoms with E-state index in [1.807, 2.05) is 0 Å². The molecule has 4 rings (SSSR count). The Morgan fingerprint density at radius 2 is 1.58 bits per heavy atom. The first-order valence-corrected chi connectivity index (χ1v) is 14.5. The molecule has 1 aliphatic carbocycles. The molecule has 2 aliphatic rings. The van der Waals surface area contributed by atoms with E-state index in [4.69, 9.17) is 9.47 Å². The number of benzene rings is 2. The van der Waals surface area contributed by atoms with Crippen LogP contribution in [-0.2, 0) is 15.6 Å². The Labute approximate surface area is 246 Å². The average Bonchev–Trinajstić information content (AvgIpc) is 2.95. The standard InChI is InChI=1S/C32H35F7O4/c1-2-5-20-8-11-22(12-9-20)23-17-40-30(41-18-23)7-4-3-6-21-10-13-25(26(33)14-21)32(38,39)43-24-15-27(34)31(28(35)16-24)42-19-29(36)37/h3,6,10,13-16,19-20,22-23,30H,2,4-5,7-9,11-12,17-18H2,1H3. The van der Waals surface area contributed by atoms with E-state index in [1.54, 1.807) is 12.2 Å². The highest BCUT2D eigenvalue weighted by Gasteiger charge is 2.38. The Balaban J connectivity index is 1.25. The summed E-state index contributed by atoms with van der Waals surface area (Å²) in [5, 5.41) is 0. The Hall–Kier alpha value is -3.05. The molecule has 0 amide bonds. The fourth-order valence-corrected chi connectivity index (χ4v) is 5.69. The summed E-state index contributed by atoms with van der Waals surface area (Å²) in [4.78, 5) is 0. The van der Waals surface area contributed by atoms with Gasteiger partial charge in [-0.2, -0.15) is 17.6 Å². The Morgan fingerprint density at radius 1 is 0.907 bits per heavy atom. The van der Waals surface area contributed by atoms with E-state index >= 15 is 0 Å². The predicted octanol–water partition coefficient (Wildman–Crippen LogP) is 9.74. The average molecular weight is 617 g/mol. The van der Waals surface area contributed by atoms with Gasteiger partial charge in [0.2, 0.25) is 0 Å². The lowest BCUT2D eigenvalue weighted by molar-refractivity contribution is -0.211. The van der Waals surface area contributed by atoms with Crippen molar-refractivity contribution in [2.75, 3.05) is 13.2 Å². The molecule has 1 heterocycles. The van der Waals surface area contributed by atoms with Crippen molar-refractivity contribution in [1.82, 2.24) is 0 Å². The van der Waals surface area contributed by atoms with Crippen LogP contribution >= 0.6 is 0 Å². The van der Waals surface area contributed by atoms with E-state index in [0.29, 0.717) is 55.6 Å². The maximum Gasteiger partial charge on any atom is 0.429 e. The second kappa shape index (κ2) is 15.1. The molecule has 0 bridgehead atoms. The molecule has 1 saturated heterocycles. The lowest BCUT2D eigenvalue weighted by Crippen LogP contribution is -2.37. The zero-order chi connectivity index (χ0) is 31.0. The number of alkyl halides is 2. The maximum atomic E-state index is 14.7. The van der Waals surface area contributed by atoms with Crippen LogP contribution in [0.3, 0.4) is 0 Å². The van der Waals surface area contributed by atoms with Crippen molar-refractivity contribution >= 4 is 6.08 Å². The van der Waals surface area contributed by atoms with Gasteiger partial charge >= 0.3 is 12.2 Å². The van der Waals surface area contributed by atoms with E-state index < -0.39 is 46.7 Å². The number of rotatable bonds is 12. The Morgan fingerprint density at radius 3 is 2.19 bits per heavy atom. The highest BCUT2D eigenvalue weighted by atomic mass is 19.3. The highest BCUT2D eigenvalue weighted by Crippen LogP contribution is 2.38. The van der Waals surface area contributed by atoms with Crippen molar-refractivity contribution in [1.29, 1.82) is 0 Å². The number of hydrogen-bond acceptors (Lipinski definition) is 4. The molecule has 1 aliphatic heterocycles. The van der Waals surface area contributed by atoms with Crippen molar-refractivity contribution < 1.29 is 49.7 Å². The summed E-state index contributed by atoms with van der Waals surface area (Å²) in [6.07, 6.45) is 4.84. The highest BCUT2D eigenvalue weighted by molar-refractivity contribution is 5.50. The summed E-state index contributed by atoms with van der Waals surface area (Å²) < 4.78 is 117. The van der Waals surface area contributed by atoms with Gasteiger partial charge in [0.05, 0.1) is 18.8 Å². The van der Waals surface area contributed by atoms with Crippen molar-refractivity contribution in [2.45, 2.75) is 70.7 Å². The quantitative estimate of drug-likeness (QED) is 0.176. The van der Waals surface area contributed by atoms with Gasteiger partial charge < -0.3 is 18.9 Å². The zero-order valence-corrected chi connectivity index (χ0v) is 23.8. The summed E-state index contributed by atoms with van der Waals surface area (Å²) >= 11 is 0. The monoisotopic (exact) mass is 616 g/mol. The second-order valence-electron chi connectivity index (χ2n) is 11.0. The van der Waals surface area contributed by atoms with Gasteiger partial charge in [-0.1, -0.05) is 50.8 Å². The smallest absolute Gasteiger partial charge is 0.429 e. The van der Waals surface area contributed by atoms with Gasteiger partial charge in [0.25, 0.3) is 0 Å². The Bertz CT molecular complexity index is 1240. The fraction of sp³-hybridized carbons (Fsp3) is 0.500. The topological polar surface area (TPSA) is 36.9 Å². The van der Waals surface area contributed by atoms with Crippen LogP contribution in [0, 0.1) is 35.2 Å². The molecule has 0 N–H and O–H groups in total. The molecule has 4 nitrogen and oxygen atoms in total. The number of allylic oxidation sites excluding steroid dienone is 1. The van der Waals surface area contributed by atoms with E-state index in [-0.39, 0.29) is 12.6 Å². The summed E-state index contributed by atoms with van der Waals surface area (Å²) in [7, 11) is 0. The van der Waals surface area contributed by atoms with Crippen molar-refractivity contribution in [3.8, 4) is 11.5 Å².